The van der Waals surface area contributed by atoms with Crippen molar-refractivity contribution in [1.82, 2.24) is 19.5 Å². The summed E-state index contributed by atoms with van der Waals surface area (Å²) in [6.45, 7) is 4.08. The summed E-state index contributed by atoms with van der Waals surface area (Å²) in [5, 5.41) is 0. The molecule has 0 aliphatic heterocycles. The highest BCUT2D eigenvalue weighted by Crippen LogP contribution is 2.16. The van der Waals surface area contributed by atoms with Gasteiger partial charge in [0.15, 0.2) is 0 Å². The van der Waals surface area contributed by atoms with Crippen molar-refractivity contribution >= 4 is 0 Å². The van der Waals surface area contributed by atoms with Gasteiger partial charge in [0.1, 0.15) is 0 Å². The second-order valence-electron chi connectivity index (χ2n) is 3.40. The monoisotopic (exact) mass is 189 g/mol. The Kier molecular flexibility index (Phi) is 2.35. The van der Waals surface area contributed by atoms with Gasteiger partial charge in [-0.25, -0.2) is 9.97 Å². The Hall–Kier alpha value is -1.58. The molecule has 4 nitrogen and oxygen atoms in total. The van der Waals surface area contributed by atoms with Crippen molar-refractivity contribution in [2.45, 2.75) is 12.3 Å². The number of hydrogen-bond acceptors (Lipinski definition) is 2. The van der Waals surface area contributed by atoms with Gasteiger partial charge in [-0.05, 0) is 13.3 Å². The summed E-state index contributed by atoms with van der Waals surface area (Å²) in [5.41, 5.74) is 2.24. The first-order chi connectivity index (χ1) is 6.77. The average Bonchev–Trinajstić information content (AvgIpc) is 2.77. The number of nitrogens with one attached hydrogen (secondary N) is 1. The third kappa shape index (κ3) is 1.69. The maximum absolute atomic E-state index is 4.08. The van der Waals surface area contributed by atoms with Gasteiger partial charge in [-0.3, -0.25) is 0 Å². The minimum absolute atomic E-state index is 0.202. The number of nitrogens with zero attached hydrogens (tertiary/aromatic N) is 3. The van der Waals surface area contributed by atoms with Crippen molar-refractivity contribution in [3.8, 4) is 0 Å². The van der Waals surface area contributed by atoms with Crippen LogP contribution in [0.4, 0.5) is 0 Å². The number of aromatic amines is 1. The van der Waals surface area contributed by atoms with Crippen molar-refractivity contribution < 1.29 is 0 Å². The maximum Gasteiger partial charge on any atom is 0.0945 e. The Morgan fingerprint density at radius 2 is 2.36 bits per heavy atom. The van der Waals surface area contributed by atoms with E-state index in [0.717, 1.165) is 12.1 Å². The Morgan fingerprint density at radius 3 is 2.93 bits per heavy atom. The van der Waals surface area contributed by atoms with Crippen LogP contribution >= 0.6 is 0 Å². The van der Waals surface area contributed by atoms with Gasteiger partial charge in [0.05, 0.1) is 12.7 Å². The zero-order chi connectivity index (χ0) is 9.97. The van der Waals surface area contributed by atoms with E-state index in [1.54, 1.807) is 12.7 Å². The average molecular weight is 189 g/mol. The van der Waals surface area contributed by atoms with Crippen LogP contribution in [-0.2, 0) is 13.5 Å². The van der Waals surface area contributed by atoms with Gasteiger partial charge in [-0.15, -0.1) is 0 Å². The second-order valence-corrected chi connectivity index (χ2v) is 3.40. The van der Waals surface area contributed by atoms with Gasteiger partial charge < -0.3 is 9.55 Å². The van der Waals surface area contributed by atoms with Crippen LogP contribution < -0.4 is 0 Å². The first-order valence-corrected chi connectivity index (χ1v) is 4.54. The van der Waals surface area contributed by atoms with Crippen LogP contribution in [0.3, 0.4) is 0 Å². The standard InChI is InChI=1S/C10H13N4/c1-8(10-5-11-6-13-10)3-9-4-12-7-14(9)2/h4-8H,1,3H2,2H3,(H,11,13). The minimum atomic E-state index is 0.202. The second kappa shape index (κ2) is 3.65. The van der Waals surface area contributed by atoms with Crippen molar-refractivity contribution in [3.05, 3.63) is 43.4 Å². The maximum atomic E-state index is 4.08. The first kappa shape index (κ1) is 8.99. The molecule has 1 atom stereocenters. The Labute approximate surface area is 83.0 Å². The number of rotatable bonds is 3. The van der Waals surface area contributed by atoms with E-state index < -0.39 is 0 Å². The fraction of sp³-hybridized carbons (Fsp3) is 0.300. The SMILES string of the molecule is [CH2]C(Cc1cncn1C)c1cnc[nH]1. The van der Waals surface area contributed by atoms with Crippen LogP contribution in [-0.4, -0.2) is 19.5 Å². The number of hydrogen-bond donors (Lipinski definition) is 1. The lowest BCUT2D eigenvalue weighted by atomic mass is 10.0. The lowest BCUT2D eigenvalue weighted by Crippen LogP contribution is -2.03. The van der Waals surface area contributed by atoms with Crippen LogP contribution in [0.25, 0.3) is 0 Å². The molecule has 0 aliphatic carbocycles. The number of aromatic nitrogens is 4. The smallest absolute Gasteiger partial charge is 0.0945 e. The Morgan fingerprint density at radius 1 is 1.50 bits per heavy atom. The van der Waals surface area contributed by atoms with Crippen molar-refractivity contribution in [2.24, 2.45) is 7.05 Å². The summed E-state index contributed by atoms with van der Waals surface area (Å²) in [7, 11) is 1.99. The molecule has 0 spiro atoms. The molecule has 2 rings (SSSR count). The van der Waals surface area contributed by atoms with E-state index in [-0.39, 0.29) is 5.92 Å². The Balaban J connectivity index is 2.09. The molecule has 4 heteroatoms. The first-order valence-electron chi connectivity index (χ1n) is 4.54. The highest BCUT2D eigenvalue weighted by Gasteiger charge is 2.09. The molecule has 14 heavy (non-hydrogen) atoms. The van der Waals surface area contributed by atoms with Gasteiger partial charge in [0.2, 0.25) is 0 Å². The van der Waals surface area contributed by atoms with E-state index in [9.17, 15) is 0 Å². The highest BCUT2D eigenvalue weighted by molar-refractivity contribution is 5.11. The zero-order valence-corrected chi connectivity index (χ0v) is 8.14. The Bertz CT molecular complexity index is 388. The van der Waals surface area contributed by atoms with Crippen molar-refractivity contribution in [1.29, 1.82) is 0 Å². The van der Waals surface area contributed by atoms with Crippen LogP contribution in [0.5, 0.6) is 0 Å². The summed E-state index contributed by atoms with van der Waals surface area (Å²) >= 11 is 0. The molecular weight excluding hydrogens is 176 g/mol. The molecular formula is C10H13N4. The fourth-order valence-electron chi connectivity index (χ4n) is 1.43. The summed E-state index contributed by atoms with van der Waals surface area (Å²) in [6.07, 6.45) is 8.03. The molecule has 1 N–H and O–H groups in total. The van der Waals surface area contributed by atoms with E-state index in [1.165, 1.54) is 5.69 Å². The van der Waals surface area contributed by atoms with E-state index in [0.29, 0.717) is 0 Å². The molecule has 2 aromatic rings. The van der Waals surface area contributed by atoms with E-state index >= 15 is 0 Å². The lowest BCUT2D eigenvalue weighted by molar-refractivity contribution is 0.733. The molecule has 1 radical (unpaired) electrons. The quantitative estimate of drug-likeness (QED) is 0.791. The van der Waals surface area contributed by atoms with Crippen molar-refractivity contribution in [3.63, 3.8) is 0 Å². The number of imidazole rings is 2. The van der Waals surface area contributed by atoms with Crippen LogP contribution in [0.2, 0.25) is 0 Å². The highest BCUT2D eigenvalue weighted by atomic mass is 15.0. The number of H-pyrrole nitrogens is 1. The van der Waals surface area contributed by atoms with Crippen LogP contribution in [0.1, 0.15) is 17.3 Å². The van der Waals surface area contributed by atoms with Gasteiger partial charge in [0, 0.05) is 36.7 Å². The normalized spacial score (nSPS) is 13.0. The van der Waals surface area contributed by atoms with Gasteiger partial charge in [0.25, 0.3) is 0 Å². The molecule has 1 unspecified atom stereocenters. The van der Waals surface area contributed by atoms with E-state index in [1.807, 2.05) is 24.0 Å². The van der Waals surface area contributed by atoms with Crippen LogP contribution in [0, 0.1) is 6.92 Å². The fourth-order valence-corrected chi connectivity index (χ4v) is 1.43. The molecule has 2 aromatic heterocycles. The number of aryl methyl sites for hydroxylation is 1. The summed E-state index contributed by atoms with van der Waals surface area (Å²) in [5.74, 6) is 0.202. The molecule has 0 fully saturated rings. The van der Waals surface area contributed by atoms with Crippen LogP contribution in [0.15, 0.2) is 25.0 Å². The molecule has 0 aliphatic rings. The predicted octanol–water partition coefficient (Wildman–Crippen LogP) is 1.30. The summed E-state index contributed by atoms with van der Waals surface area (Å²) in [4.78, 5) is 11.1. The summed E-state index contributed by atoms with van der Waals surface area (Å²) < 4.78 is 2.01. The minimum Gasteiger partial charge on any atom is -0.348 e. The topological polar surface area (TPSA) is 46.5 Å². The van der Waals surface area contributed by atoms with Crippen molar-refractivity contribution in [2.75, 3.05) is 0 Å². The third-order valence-electron chi connectivity index (χ3n) is 2.33. The largest absolute Gasteiger partial charge is 0.348 e. The van der Waals surface area contributed by atoms with Gasteiger partial charge in [-0.1, -0.05) is 0 Å². The molecule has 0 saturated carbocycles. The molecule has 0 bridgehead atoms. The lowest BCUT2D eigenvalue weighted by Gasteiger charge is -2.08. The van der Waals surface area contributed by atoms with Gasteiger partial charge in [-0.2, -0.15) is 0 Å². The van der Waals surface area contributed by atoms with E-state index in [4.69, 9.17) is 0 Å². The molecule has 0 amide bonds. The predicted molar refractivity (Wildman–Crippen MR) is 53.6 cm³/mol. The van der Waals surface area contributed by atoms with Gasteiger partial charge >= 0.3 is 0 Å². The molecule has 73 valence electrons. The summed E-state index contributed by atoms with van der Waals surface area (Å²) in [6, 6.07) is 0. The van der Waals surface area contributed by atoms with E-state index in [2.05, 4.69) is 21.9 Å². The zero-order valence-electron chi connectivity index (χ0n) is 8.14. The molecule has 0 saturated heterocycles. The molecule has 2 heterocycles. The third-order valence-corrected chi connectivity index (χ3v) is 2.33. The molecule has 0 aromatic carbocycles.